The zero-order chi connectivity index (χ0) is 42.9. The van der Waals surface area contributed by atoms with Crippen LogP contribution in [0.4, 0.5) is 10.7 Å². The van der Waals surface area contributed by atoms with Crippen LogP contribution in [0.1, 0.15) is 65.7 Å². The van der Waals surface area contributed by atoms with Crippen LogP contribution in [0.2, 0.25) is 25.7 Å². The molecule has 5 aromatic rings. The lowest BCUT2D eigenvalue weighted by molar-refractivity contribution is -0.137. The van der Waals surface area contributed by atoms with Gasteiger partial charge < -0.3 is 24.7 Å². The molecular formula is C46H62N8O5Si. The van der Waals surface area contributed by atoms with Crippen molar-refractivity contribution in [2.24, 2.45) is 17.8 Å². The number of nitrogens with one attached hydrogen (secondary N) is 2. The van der Waals surface area contributed by atoms with Gasteiger partial charge in [0.2, 0.25) is 11.9 Å². The smallest absolute Gasteiger partial charge is 0.407 e. The van der Waals surface area contributed by atoms with Gasteiger partial charge >= 0.3 is 6.09 Å². The topological polar surface area (TPSA) is 138 Å². The average Bonchev–Trinajstić information content (AvgIpc) is 4.06. The van der Waals surface area contributed by atoms with E-state index in [0.29, 0.717) is 38.3 Å². The molecule has 2 N–H and O–H groups in total. The Morgan fingerprint density at radius 3 is 2.27 bits per heavy atom. The van der Waals surface area contributed by atoms with Crippen LogP contribution in [0, 0.1) is 17.8 Å². The number of hydrazine groups is 1. The fourth-order valence-electron chi connectivity index (χ4n) is 8.17. The summed E-state index contributed by atoms with van der Waals surface area (Å²) in [5.74, 6) is 1.60. The second-order valence-electron chi connectivity index (χ2n) is 18.4. The number of carbonyl (C=O) groups is 3. The summed E-state index contributed by atoms with van der Waals surface area (Å²) in [5, 5.41) is 8.61. The number of fused-ring (bicyclic) bond motifs is 2. The summed E-state index contributed by atoms with van der Waals surface area (Å²) in [6, 6.07) is 19.5. The van der Waals surface area contributed by atoms with Gasteiger partial charge in [0.25, 0.3) is 5.91 Å². The van der Waals surface area contributed by atoms with E-state index in [1.165, 1.54) is 7.11 Å². The van der Waals surface area contributed by atoms with Crippen LogP contribution in [0.15, 0.2) is 60.8 Å². The number of nitrogens with zero attached hydrogens (tertiary/aromatic N) is 6. The fourth-order valence-corrected chi connectivity index (χ4v) is 8.93. The van der Waals surface area contributed by atoms with Crippen molar-refractivity contribution in [2.75, 3.05) is 38.4 Å². The highest BCUT2D eigenvalue weighted by Gasteiger charge is 2.38. The van der Waals surface area contributed by atoms with E-state index in [9.17, 15) is 14.4 Å². The van der Waals surface area contributed by atoms with Gasteiger partial charge in [0.05, 0.1) is 36.1 Å². The van der Waals surface area contributed by atoms with Crippen LogP contribution in [0.3, 0.4) is 0 Å². The van der Waals surface area contributed by atoms with Crippen molar-refractivity contribution < 1.29 is 23.9 Å². The fraction of sp³-hybridized carbons (Fsp3) is 0.500. The van der Waals surface area contributed by atoms with E-state index in [-0.39, 0.29) is 29.7 Å². The Labute approximate surface area is 354 Å². The van der Waals surface area contributed by atoms with Crippen LogP contribution < -0.4 is 10.3 Å². The predicted molar refractivity (Wildman–Crippen MR) is 240 cm³/mol. The first-order chi connectivity index (χ1) is 28.6. The molecule has 0 unspecified atom stereocenters. The van der Waals surface area contributed by atoms with Crippen LogP contribution in [-0.2, 0) is 25.8 Å². The van der Waals surface area contributed by atoms with Crippen LogP contribution >= 0.6 is 0 Å². The number of carbonyl (C=O) groups excluding carboxylic acids is 3. The molecule has 60 heavy (non-hydrogen) atoms. The molecule has 3 atom stereocenters. The van der Waals surface area contributed by atoms with Gasteiger partial charge in [-0.25, -0.2) is 19.8 Å². The number of methoxy groups -OCH3 is 1. The standard InChI is InChI=1S/C46H62N8O5Si/c1-29(2)31(5)43(55)51-19-10-12-40(51)42-47-27-38(48-42)36-16-15-32-24-33(13-14-34(32)25-36)35-17-18-39-37(26-35)49-45(52(39)28-59-22-23-60(7,8)9)54-21-11-20-53(54)44(56)41(30(3)4)50-46(57)58-6/h13-18,24-27,29-31,40-41H,10-12,19-23,28H2,1-9H3,(H,47,48)(H,50,57)/t31-,40-,41-/m0/s1. The quantitative estimate of drug-likeness (QED) is 0.0837. The predicted octanol–water partition coefficient (Wildman–Crippen LogP) is 8.85. The van der Waals surface area contributed by atoms with Gasteiger partial charge in [-0.05, 0) is 83.3 Å². The first-order valence-electron chi connectivity index (χ1n) is 21.5. The molecule has 13 nitrogen and oxygen atoms in total. The van der Waals surface area contributed by atoms with Crippen molar-refractivity contribution in [1.82, 2.24) is 34.7 Å². The summed E-state index contributed by atoms with van der Waals surface area (Å²) in [6.45, 7) is 19.9. The molecule has 2 fully saturated rings. The van der Waals surface area contributed by atoms with E-state index in [0.717, 1.165) is 81.9 Å². The van der Waals surface area contributed by atoms with Gasteiger partial charge in [0.1, 0.15) is 18.6 Å². The number of amides is 3. The van der Waals surface area contributed by atoms with E-state index >= 15 is 0 Å². The SMILES string of the molecule is COC(=O)N[C@H](C(=O)N1CCCN1c1nc2cc(-c3ccc4cc(-c5cnc([C@@H]6CCCN6C(=O)[C@@H](C)C(C)C)[nH]5)ccc4c3)ccc2n1COCC[Si](C)(C)C)C(C)C. The number of anilines is 1. The molecule has 14 heteroatoms. The number of ether oxygens (including phenoxy) is 2. The van der Waals surface area contributed by atoms with Crippen LogP contribution in [0.25, 0.3) is 44.2 Å². The van der Waals surface area contributed by atoms with Gasteiger partial charge in [-0.1, -0.05) is 84.6 Å². The van der Waals surface area contributed by atoms with Crippen molar-refractivity contribution in [3.63, 3.8) is 0 Å². The molecule has 0 saturated carbocycles. The highest BCUT2D eigenvalue weighted by Crippen LogP contribution is 2.36. The Hall–Kier alpha value is -5.21. The molecule has 0 radical (unpaired) electrons. The zero-order valence-electron chi connectivity index (χ0n) is 36.7. The molecule has 4 heterocycles. The second kappa shape index (κ2) is 17.8. The average molecular weight is 835 g/mol. The van der Waals surface area contributed by atoms with E-state index in [2.05, 4.69) is 103 Å². The molecule has 3 amide bonds. The van der Waals surface area contributed by atoms with Crippen LogP contribution in [-0.4, -0.2) is 94.8 Å². The third-order valence-electron chi connectivity index (χ3n) is 12.2. The lowest BCUT2D eigenvalue weighted by atomic mass is 9.96. The Bertz CT molecular complexity index is 2350. The summed E-state index contributed by atoms with van der Waals surface area (Å²) in [7, 11) is -0.0143. The number of benzene rings is 3. The maximum Gasteiger partial charge on any atom is 0.407 e. The van der Waals surface area contributed by atoms with Gasteiger partial charge in [-0.3, -0.25) is 19.2 Å². The molecule has 0 spiro atoms. The summed E-state index contributed by atoms with van der Waals surface area (Å²) in [4.78, 5) is 55.0. The third kappa shape index (κ3) is 9.09. The van der Waals surface area contributed by atoms with Crippen molar-refractivity contribution in [3.05, 3.63) is 66.6 Å². The zero-order valence-corrected chi connectivity index (χ0v) is 37.7. The molecular weight excluding hydrogens is 773 g/mol. The summed E-state index contributed by atoms with van der Waals surface area (Å²) in [5.41, 5.74) is 5.79. The molecule has 0 aliphatic carbocycles. The molecule has 2 saturated heterocycles. The number of aromatic amines is 1. The van der Waals surface area contributed by atoms with Gasteiger partial charge in [0, 0.05) is 45.8 Å². The number of rotatable bonds is 14. The minimum atomic E-state index is -1.31. The third-order valence-corrected chi connectivity index (χ3v) is 13.9. The Balaban J connectivity index is 1.15. The van der Waals surface area contributed by atoms with E-state index in [1.807, 2.05) is 36.9 Å². The van der Waals surface area contributed by atoms with Crippen molar-refractivity contribution >= 4 is 53.7 Å². The van der Waals surface area contributed by atoms with E-state index in [4.69, 9.17) is 19.4 Å². The maximum absolute atomic E-state index is 14.0. The normalized spacial score (nSPS) is 17.1. The molecule has 320 valence electrons. The van der Waals surface area contributed by atoms with E-state index in [1.54, 1.807) is 5.01 Å². The molecule has 0 bridgehead atoms. The summed E-state index contributed by atoms with van der Waals surface area (Å²) in [6.07, 6.45) is 3.90. The lowest BCUT2D eigenvalue weighted by Gasteiger charge is -2.33. The number of hydrogen-bond acceptors (Lipinski definition) is 8. The summed E-state index contributed by atoms with van der Waals surface area (Å²) >= 11 is 0. The number of aromatic nitrogens is 4. The Morgan fingerprint density at radius 2 is 1.57 bits per heavy atom. The lowest BCUT2D eigenvalue weighted by Crippen LogP contribution is -2.54. The molecule has 7 rings (SSSR count). The molecule has 2 aromatic heterocycles. The van der Waals surface area contributed by atoms with Crippen molar-refractivity contribution in [2.45, 2.75) is 98.4 Å². The largest absolute Gasteiger partial charge is 0.453 e. The minimum absolute atomic E-state index is 0.0221. The van der Waals surface area contributed by atoms with Crippen molar-refractivity contribution in [3.8, 4) is 22.4 Å². The Morgan fingerprint density at radius 1 is 0.867 bits per heavy atom. The highest BCUT2D eigenvalue weighted by molar-refractivity contribution is 6.76. The van der Waals surface area contributed by atoms with E-state index < -0.39 is 20.2 Å². The monoisotopic (exact) mass is 834 g/mol. The van der Waals surface area contributed by atoms with Crippen LogP contribution in [0.5, 0.6) is 0 Å². The highest BCUT2D eigenvalue weighted by atomic mass is 28.3. The number of likely N-dealkylation sites (tertiary alicyclic amines) is 1. The minimum Gasteiger partial charge on any atom is -0.453 e. The molecule has 3 aromatic carbocycles. The second-order valence-corrected chi connectivity index (χ2v) is 24.0. The van der Waals surface area contributed by atoms with Gasteiger partial charge in [0.15, 0.2) is 0 Å². The maximum atomic E-state index is 14.0. The number of H-pyrrole nitrogens is 1. The number of hydrogen-bond donors (Lipinski definition) is 2. The molecule has 2 aliphatic heterocycles. The van der Waals surface area contributed by atoms with Gasteiger partial charge in [-0.15, -0.1) is 0 Å². The molecule has 2 aliphatic rings. The Kier molecular flexibility index (Phi) is 12.7. The summed E-state index contributed by atoms with van der Waals surface area (Å²) < 4.78 is 13.2. The number of imidazole rings is 2. The first kappa shape index (κ1) is 42.9. The number of alkyl carbamates (subject to hydrolysis) is 1. The van der Waals surface area contributed by atoms with Gasteiger partial charge in [-0.2, -0.15) is 0 Å². The van der Waals surface area contributed by atoms with Crippen molar-refractivity contribution in [1.29, 1.82) is 0 Å². The first-order valence-corrected chi connectivity index (χ1v) is 25.3.